The Bertz CT molecular complexity index is 2420. The highest BCUT2D eigenvalue weighted by Crippen LogP contribution is 2.34. The molecule has 0 radical (unpaired) electrons. The van der Waals surface area contributed by atoms with E-state index < -0.39 is 40.1 Å². The van der Waals surface area contributed by atoms with E-state index in [-0.39, 0.29) is 86.4 Å². The third-order valence-electron chi connectivity index (χ3n) is 11.7. The number of nitrogens with one attached hydrogen (secondary N) is 2. The highest BCUT2D eigenvalue weighted by molar-refractivity contribution is 7.89. The number of aliphatic imine (C=N–C) groups is 1. The number of nitrogens with zero attached hydrogens (tertiary/aromatic N) is 4. The van der Waals surface area contributed by atoms with Crippen LogP contribution in [0.5, 0.6) is 0 Å². The first-order valence-corrected chi connectivity index (χ1v) is 24.1. The molecule has 1 saturated heterocycles. The number of ketones is 1. The van der Waals surface area contributed by atoms with Crippen LogP contribution < -0.4 is 27.8 Å². The lowest BCUT2D eigenvalue weighted by Crippen LogP contribution is -2.51. The van der Waals surface area contributed by atoms with E-state index in [2.05, 4.69) is 15.6 Å². The predicted octanol–water partition coefficient (Wildman–Crippen LogP) is 3.67. The molecule has 0 bridgehead atoms. The minimum absolute atomic E-state index is 0.00388. The van der Waals surface area contributed by atoms with Crippen LogP contribution in [0.25, 0.3) is 17.2 Å². The van der Waals surface area contributed by atoms with Gasteiger partial charge in [-0.1, -0.05) is 69.3 Å². The molecule has 362 valence electrons. The quantitative estimate of drug-likeness (QED) is 0.0747. The molecule has 18 nitrogen and oxygen atoms in total. The molecule has 0 saturated carbocycles. The predicted molar refractivity (Wildman–Crippen MR) is 256 cm³/mol. The van der Waals surface area contributed by atoms with Crippen molar-refractivity contribution in [3.05, 3.63) is 89.0 Å². The average Bonchev–Trinajstić information content (AvgIpc) is 3.45. The zero-order chi connectivity index (χ0) is 48.8. The summed E-state index contributed by atoms with van der Waals surface area (Å²) in [4.78, 5) is 72.0. The van der Waals surface area contributed by atoms with Crippen molar-refractivity contribution < 1.29 is 42.2 Å². The molecule has 2 atom stereocenters. The molecule has 5 rings (SSSR count). The van der Waals surface area contributed by atoms with Gasteiger partial charge in [-0.2, -0.15) is 4.31 Å². The number of carbonyl (C=O) groups is 5. The van der Waals surface area contributed by atoms with Crippen molar-refractivity contribution in [3.8, 4) is 11.1 Å². The molecule has 0 aliphatic carbocycles. The first-order valence-electron chi connectivity index (χ1n) is 22.7. The monoisotopic (exact) mass is 943 g/mol. The molecule has 2 aliphatic rings. The molecule has 0 aromatic heterocycles. The number of hydrogen-bond acceptors (Lipinski definition) is 12. The van der Waals surface area contributed by atoms with Crippen molar-refractivity contribution >= 4 is 57.3 Å². The van der Waals surface area contributed by atoms with E-state index in [0.717, 1.165) is 5.56 Å². The van der Waals surface area contributed by atoms with Gasteiger partial charge in [-0.25, -0.2) is 23.0 Å². The molecule has 19 heteroatoms. The van der Waals surface area contributed by atoms with E-state index in [9.17, 15) is 37.5 Å². The Morgan fingerprint density at radius 2 is 1.66 bits per heavy atom. The Morgan fingerprint density at radius 1 is 0.955 bits per heavy atom. The summed E-state index contributed by atoms with van der Waals surface area (Å²) in [6, 6.07) is 17.0. The lowest BCUT2D eigenvalue weighted by Gasteiger charge is -2.36. The Balaban J connectivity index is 1.13. The second kappa shape index (κ2) is 24.0. The molecule has 0 spiro atoms. The number of ether oxygens (including phenoxy) is 1. The Hall–Kier alpha value is -6.15. The number of amides is 5. The van der Waals surface area contributed by atoms with Crippen LogP contribution in [0.2, 0.25) is 0 Å². The van der Waals surface area contributed by atoms with Crippen LogP contribution in [-0.4, -0.2) is 128 Å². The number of aliphatic hydroxyl groups excluding tert-OH is 1. The Labute approximate surface area is 393 Å². The maximum atomic E-state index is 14.0. The van der Waals surface area contributed by atoms with Gasteiger partial charge in [0.2, 0.25) is 21.8 Å². The molecule has 2 aliphatic heterocycles. The highest BCUT2D eigenvalue weighted by Gasteiger charge is 2.36. The molecular formula is C48H65N9O9S. The van der Waals surface area contributed by atoms with E-state index in [0.29, 0.717) is 72.4 Å². The van der Waals surface area contributed by atoms with E-state index in [1.807, 2.05) is 45.0 Å². The number of benzene rings is 3. The number of amidine groups is 1. The minimum atomic E-state index is -3.71. The fourth-order valence-electron chi connectivity index (χ4n) is 7.64. The van der Waals surface area contributed by atoms with Gasteiger partial charge in [0, 0.05) is 82.8 Å². The van der Waals surface area contributed by atoms with Crippen molar-refractivity contribution in [2.24, 2.45) is 34.0 Å². The van der Waals surface area contributed by atoms with Gasteiger partial charge in [-0.15, -0.1) is 0 Å². The summed E-state index contributed by atoms with van der Waals surface area (Å²) in [6.07, 6.45) is 3.32. The minimum Gasteiger partial charge on any atom is -0.445 e. The second-order valence-corrected chi connectivity index (χ2v) is 19.4. The zero-order valence-electron chi connectivity index (χ0n) is 38.8. The average molecular weight is 944 g/mol. The van der Waals surface area contributed by atoms with Crippen LogP contribution in [0.4, 0.5) is 15.3 Å². The molecule has 5 amide bonds. The number of carbonyl (C=O) groups excluding carboxylic acids is 5. The summed E-state index contributed by atoms with van der Waals surface area (Å²) in [5, 5.41) is 14.6. The van der Waals surface area contributed by atoms with Crippen molar-refractivity contribution in [3.63, 3.8) is 0 Å². The SMILES string of the molecule is CCCN(CCCN(C)C(=O)OCc1ccc(CC(=O)[C@H](CCCNC(N)=O)NC(=O)[C@@H](N)C(C)C)cc1)C(=O)C1=Cc2ccc(-c3cccc(S(=O)(=O)N4CC(CO)C4)c3)cc2N=C(N)C1. The molecule has 3 aromatic carbocycles. The van der Waals surface area contributed by atoms with Crippen LogP contribution in [-0.2, 0) is 42.2 Å². The maximum absolute atomic E-state index is 14.0. The Kier molecular flexibility index (Phi) is 18.6. The van der Waals surface area contributed by atoms with E-state index in [4.69, 9.17) is 21.9 Å². The lowest BCUT2D eigenvalue weighted by atomic mass is 9.98. The fourth-order valence-corrected chi connectivity index (χ4v) is 9.28. The van der Waals surface area contributed by atoms with Gasteiger partial charge < -0.3 is 47.5 Å². The van der Waals surface area contributed by atoms with E-state index in [1.165, 1.54) is 9.21 Å². The second-order valence-electron chi connectivity index (χ2n) is 17.5. The number of sulfonamides is 1. The zero-order valence-corrected chi connectivity index (χ0v) is 39.6. The van der Waals surface area contributed by atoms with E-state index >= 15 is 0 Å². The van der Waals surface area contributed by atoms with Crippen molar-refractivity contribution in [2.45, 2.75) is 82.9 Å². The van der Waals surface area contributed by atoms with E-state index in [1.54, 1.807) is 60.5 Å². The maximum Gasteiger partial charge on any atom is 0.409 e. The van der Waals surface area contributed by atoms with Crippen molar-refractivity contribution in [1.82, 2.24) is 24.7 Å². The van der Waals surface area contributed by atoms with Crippen LogP contribution in [0.3, 0.4) is 0 Å². The third kappa shape index (κ3) is 14.4. The number of primary amides is 1. The fraction of sp³-hybridized carbons (Fsp3) is 0.458. The topological polar surface area (TPSA) is 273 Å². The molecule has 67 heavy (non-hydrogen) atoms. The number of urea groups is 1. The molecular weight excluding hydrogens is 879 g/mol. The smallest absolute Gasteiger partial charge is 0.409 e. The van der Waals surface area contributed by atoms with Crippen LogP contribution in [0, 0.1) is 11.8 Å². The summed E-state index contributed by atoms with van der Waals surface area (Å²) in [5.74, 6) is -0.755. The van der Waals surface area contributed by atoms with Gasteiger partial charge in [0.15, 0.2) is 5.78 Å². The van der Waals surface area contributed by atoms with Gasteiger partial charge in [0.1, 0.15) is 12.4 Å². The Morgan fingerprint density at radius 3 is 2.33 bits per heavy atom. The number of nitrogens with two attached hydrogens (primary N) is 3. The highest BCUT2D eigenvalue weighted by atomic mass is 32.2. The molecule has 3 aromatic rings. The van der Waals surface area contributed by atoms with Gasteiger partial charge in [-0.3, -0.25) is 14.4 Å². The number of Topliss-reactive ketones (excluding diaryl/α,β-unsaturated/α-hetero) is 1. The van der Waals surface area contributed by atoms with Crippen LogP contribution in [0.15, 0.2) is 82.2 Å². The first-order chi connectivity index (χ1) is 31.9. The summed E-state index contributed by atoms with van der Waals surface area (Å²) in [6.45, 7) is 7.55. The standard InChI is InChI=1S/C48H65N9O9S/c1-5-19-56(46(61)38-23-37-17-16-36(25-41(37)53-43(49)26-38)35-9-6-10-39(24-35)67(64,65)57-27-34(28-57)29-58)21-8-20-55(4)48(63)66-30-33-14-12-32(13-15-33)22-42(59)40(11-7-18-52-47(51)62)54-45(60)44(50)31(2)3/h6,9-10,12-17,23-25,31,34,40,44,58H,5,7-8,11,18-22,26-30,50H2,1-4H3,(H2,49,53)(H,54,60)(H3,51,52,62)/t40-,44-/m0/s1. The molecule has 2 heterocycles. The molecule has 0 unspecified atom stereocenters. The van der Waals surface area contributed by atoms with Crippen molar-refractivity contribution in [1.29, 1.82) is 0 Å². The first kappa shape index (κ1) is 51.8. The number of rotatable bonds is 23. The lowest BCUT2D eigenvalue weighted by molar-refractivity contribution is -0.129. The van der Waals surface area contributed by atoms with Gasteiger partial charge in [0.05, 0.1) is 22.7 Å². The number of aliphatic hydroxyl groups is 1. The summed E-state index contributed by atoms with van der Waals surface area (Å²) in [5.41, 5.74) is 22.1. The number of hydrogen-bond donors (Lipinski definition) is 6. The van der Waals surface area contributed by atoms with Gasteiger partial charge in [-0.05, 0) is 78.1 Å². The largest absolute Gasteiger partial charge is 0.445 e. The number of fused-ring (bicyclic) bond motifs is 1. The third-order valence-corrected chi connectivity index (χ3v) is 13.6. The summed E-state index contributed by atoms with van der Waals surface area (Å²) in [7, 11) is -2.09. The van der Waals surface area contributed by atoms with Crippen LogP contribution in [0.1, 0.15) is 69.6 Å². The summed E-state index contributed by atoms with van der Waals surface area (Å²) >= 11 is 0. The van der Waals surface area contributed by atoms with Gasteiger partial charge >= 0.3 is 12.1 Å². The molecule has 9 N–H and O–H groups in total. The van der Waals surface area contributed by atoms with Crippen LogP contribution >= 0.6 is 0 Å². The van der Waals surface area contributed by atoms with Crippen molar-refractivity contribution in [2.75, 3.05) is 52.9 Å². The normalized spacial score (nSPS) is 14.9. The molecule has 1 fully saturated rings. The summed E-state index contributed by atoms with van der Waals surface area (Å²) < 4.78 is 33.4. The van der Waals surface area contributed by atoms with Gasteiger partial charge in [0.25, 0.3) is 0 Å².